The fourth-order valence-electron chi connectivity index (χ4n) is 5.21. The highest BCUT2D eigenvalue weighted by atomic mass is 32.2. The maximum atomic E-state index is 12.1. The molecule has 0 amide bonds. The summed E-state index contributed by atoms with van der Waals surface area (Å²) in [6, 6.07) is 20.3. The summed E-state index contributed by atoms with van der Waals surface area (Å²) < 4.78 is 39.8. The van der Waals surface area contributed by atoms with Crippen LogP contribution in [-0.2, 0) is 31.4 Å². The number of nitrogens with one attached hydrogen (secondary N) is 1. The summed E-state index contributed by atoms with van der Waals surface area (Å²) in [5.41, 5.74) is 6.39. The smallest absolute Gasteiger partial charge is 0.306 e. The van der Waals surface area contributed by atoms with Gasteiger partial charge >= 0.3 is 5.97 Å². The number of carbonyl (C=O) groups is 1. The molecular weight excluding hydrogens is 526 g/mol. The molecule has 1 aliphatic rings. The van der Waals surface area contributed by atoms with E-state index in [2.05, 4.69) is 37.4 Å². The fourth-order valence-corrected chi connectivity index (χ4v) is 5.85. The monoisotopic (exact) mass is 565 g/mol. The molecule has 4 rings (SSSR count). The Morgan fingerprint density at radius 1 is 0.950 bits per heavy atom. The Morgan fingerprint density at radius 2 is 1.65 bits per heavy atom. The topological polar surface area (TPSA) is 90.9 Å². The van der Waals surface area contributed by atoms with Gasteiger partial charge in [0, 0.05) is 24.8 Å². The Kier molecular flexibility index (Phi) is 9.53. The second-order valence-electron chi connectivity index (χ2n) is 10.6. The van der Waals surface area contributed by atoms with Gasteiger partial charge in [0.25, 0.3) is 0 Å². The van der Waals surface area contributed by atoms with Gasteiger partial charge in [0.2, 0.25) is 0 Å². The quantitative estimate of drug-likeness (QED) is 0.226. The lowest BCUT2D eigenvalue weighted by Crippen LogP contribution is -2.57. The van der Waals surface area contributed by atoms with Crippen molar-refractivity contribution in [3.8, 4) is 22.6 Å². The molecule has 0 spiro atoms. The van der Waals surface area contributed by atoms with E-state index in [1.165, 1.54) is 6.26 Å². The molecule has 3 aromatic rings. The van der Waals surface area contributed by atoms with Gasteiger partial charge in [-0.05, 0) is 90.9 Å². The summed E-state index contributed by atoms with van der Waals surface area (Å²) >= 11 is 0. The maximum absolute atomic E-state index is 12.1. The minimum atomic E-state index is -2.99. The number of hydrogen-bond donors (Lipinski definition) is 1. The molecule has 7 nitrogen and oxygen atoms in total. The summed E-state index contributed by atoms with van der Waals surface area (Å²) in [6.45, 7) is 8.65. The lowest BCUT2D eigenvalue weighted by atomic mass is 9.72. The van der Waals surface area contributed by atoms with E-state index in [0.29, 0.717) is 32.7 Å². The highest BCUT2D eigenvalue weighted by Crippen LogP contribution is 2.34. The Bertz CT molecular complexity index is 1410. The number of rotatable bonds is 13. The number of benzene rings is 3. The van der Waals surface area contributed by atoms with Crippen LogP contribution in [0.5, 0.6) is 11.5 Å². The summed E-state index contributed by atoms with van der Waals surface area (Å²) in [5, 5.41) is 3.29. The minimum Gasteiger partial charge on any atom is -0.494 e. The first-order chi connectivity index (χ1) is 19.1. The molecule has 40 heavy (non-hydrogen) atoms. The molecule has 0 radical (unpaired) electrons. The van der Waals surface area contributed by atoms with E-state index in [-0.39, 0.29) is 17.1 Å². The van der Waals surface area contributed by atoms with Crippen molar-refractivity contribution in [1.29, 1.82) is 0 Å². The molecule has 1 heterocycles. The van der Waals surface area contributed by atoms with Crippen molar-refractivity contribution in [1.82, 2.24) is 5.32 Å². The van der Waals surface area contributed by atoms with E-state index in [4.69, 9.17) is 14.2 Å². The van der Waals surface area contributed by atoms with Gasteiger partial charge in [-0.2, -0.15) is 0 Å². The third kappa shape index (κ3) is 7.64. The number of sulfone groups is 1. The zero-order chi connectivity index (χ0) is 28.8. The number of esters is 1. The maximum Gasteiger partial charge on any atom is 0.306 e. The van der Waals surface area contributed by atoms with E-state index >= 15 is 0 Å². The molecular formula is C32H39NO6S. The minimum absolute atomic E-state index is 0.121. The summed E-state index contributed by atoms with van der Waals surface area (Å²) in [4.78, 5) is 12.1. The first kappa shape index (κ1) is 29.6. The second kappa shape index (κ2) is 12.9. The molecule has 1 aliphatic heterocycles. The first-order valence-electron chi connectivity index (χ1n) is 13.7. The van der Waals surface area contributed by atoms with Gasteiger partial charge in [-0.25, -0.2) is 8.42 Å². The first-order valence-corrected chi connectivity index (χ1v) is 15.8. The average molecular weight is 566 g/mol. The standard InChI is InChI=1S/C32H39NO6S/c1-5-37-30(34)19-32(21-33-22-32)27-10-12-28(13-11-27)39-20-25-8-6-9-26(18-25)31-23(2)16-29(17-24(31)3)38-14-7-15-40(4,35)36/h6,8-13,16-18,33H,5,7,14-15,19-22H2,1-4H3. The summed E-state index contributed by atoms with van der Waals surface area (Å²) in [6.07, 6.45) is 2.08. The van der Waals surface area contributed by atoms with Crippen LogP contribution in [0.2, 0.25) is 0 Å². The Balaban J connectivity index is 1.39. The van der Waals surface area contributed by atoms with E-state index in [1.54, 1.807) is 0 Å². The van der Waals surface area contributed by atoms with E-state index in [1.807, 2.05) is 49.4 Å². The average Bonchev–Trinajstić information content (AvgIpc) is 2.87. The Morgan fingerprint density at radius 3 is 2.25 bits per heavy atom. The molecule has 214 valence electrons. The second-order valence-corrected chi connectivity index (χ2v) is 12.9. The molecule has 0 unspecified atom stereocenters. The molecule has 0 aromatic heterocycles. The number of ether oxygens (including phenoxy) is 3. The SMILES string of the molecule is CCOC(=O)CC1(c2ccc(OCc3cccc(-c4c(C)cc(OCCCS(C)(=O)=O)cc4C)c3)cc2)CNC1. The van der Waals surface area contributed by atoms with Crippen molar-refractivity contribution >= 4 is 15.8 Å². The molecule has 0 atom stereocenters. The van der Waals surface area contributed by atoms with Crippen molar-refractivity contribution in [2.24, 2.45) is 0 Å². The lowest BCUT2D eigenvalue weighted by molar-refractivity contribution is -0.145. The van der Waals surface area contributed by atoms with Crippen molar-refractivity contribution in [2.45, 2.75) is 45.6 Å². The van der Waals surface area contributed by atoms with Gasteiger partial charge in [0.15, 0.2) is 0 Å². The van der Waals surface area contributed by atoms with E-state index in [9.17, 15) is 13.2 Å². The van der Waals surface area contributed by atoms with Crippen molar-refractivity contribution in [3.63, 3.8) is 0 Å². The molecule has 0 aliphatic carbocycles. The summed E-state index contributed by atoms with van der Waals surface area (Å²) in [5.74, 6) is 1.48. The predicted molar refractivity (Wildman–Crippen MR) is 158 cm³/mol. The molecule has 1 saturated heterocycles. The van der Waals surface area contributed by atoms with Gasteiger partial charge in [-0.15, -0.1) is 0 Å². The number of aryl methyl sites for hydroxylation is 2. The third-order valence-corrected chi connectivity index (χ3v) is 8.27. The number of carbonyl (C=O) groups excluding carboxylic acids is 1. The van der Waals surface area contributed by atoms with Crippen LogP contribution in [-0.4, -0.2) is 52.7 Å². The van der Waals surface area contributed by atoms with Crippen molar-refractivity contribution in [2.75, 3.05) is 38.3 Å². The van der Waals surface area contributed by atoms with Crippen LogP contribution < -0.4 is 14.8 Å². The van der Waals surface area contributed by atoms with Crippen LogP contribution in [0.25, 0.3) is 11.1 Å². The Hall–Kier alpha value is -3.36. The fraction of sp³-hybridized carbons (Fsp3) is 0.406. The summed E-state index contributed by atoms with van der Waals surface area (Å²) in [7, 11) is -2.99. The largest absolute Gasteiger partial charge is 0.494 e. The van der Waals surface area contributed by atoms with E-state index in [0.717, 1.165) is 58.0 Å². The highest BCUT2D eigenvalue weighted by molar-refractivity contribution is 7.90. The van der Waals surface area contributed by atoms with Crippen molar-refractivity contribution < 1.29 is 27.4 Å². The predicted octanol–water partition coefficient (Wildman–Crippen LogP) is 5.16. The van der Waals surface area contributed by atoms with Crippen LogP contribution in [0.15, 0.2) is 60.7 Å². The van der Waals surface area contributed by atoms with Gasteiger partial charge in [-0.1, -0.05) is 30.3 Å². The zero-order valence-corrected chi connectivity index (χ0v) is 24.6. The van der Waals surface area contributed by atoms with Crippen LogP contribution >= 0.6 is 0 Å². The zero-order valence-electron chi connectivity index (χ0n) is 23.8. The van der Waals surface area contributed by atoms with Crippen LogP contribution in [0, 0.1) is 13.8 Å². The molecule has 1 fully saturated rings. The van der Waals surface area contributed by atoms with E-state index < -0.39 is 9.84 Å². The Labute approximate surface area is 237 Å². The van der Waals surface area contributed by atoms with Gasteiger partial charge in [0.05, 0.1) is 25.4 Å². The van der Waals surface area contributed by atoms with Crippen LogP contribution in [0.1, 0.15) is 42.0 Å². The molecule has 3 aromatic carbocycles. The lowest BCUT2D eigenvalue weighted by Gasteiger charge is -2.42. The molecule has 0 saturated carbocycles. The third-order valence-electron chi connectivity index (χ3n) is 7.24. The van der Waals surface area contributed by atoms with Crippen LogP contribution in [0.4, 0.5) is 0 Å². The van der Waals surface area contributed by atoms with Gasteiger partial charge in [-0.3, -0.25) is 4.79 Å². The normalized spacial score (nSPS) is 14.3. The molecule has 0 bridgehead atoms. The van der Waals surface area contributed by atoms with Crippen molar-refractivity contribution in [3.05, 3.63) is 82.9 Å². The number of hydrogen-bond acceptors (Lipinski definition) is 7. The molecule has 1 N–H and O–H groups in total. The highest BCUT2D eigenvalue weighted by Gasteiger charge is 2.41. The van der Waals surface area contributed by atoms with Crippen LogP contribution in [0.3, 0.4) is 0 Å². The molecule has 8 heteroatoms. The van der Waals surface area contributed by atoms with Gasteiger partial charge < -0.3 is 19.5 Å². The van der Waals surface area contributed by atoms with Gasteiger partial charge in [0.1, 0.15) is 27.9 Å².